The summed E-state index contributed by atoms with van der Waals surface area (Å²) in [6, 6.07) is 9.88. The molecule has 1 atom stereocenters. The molecule has 1 aliphatic heterocycles. The van der Waals surface area contributed by atoms with E-state index in [1.807, 2.05) is 35.4 Å². The van der Waals surface area contributed by atoms with Crippen LogP contribution in [0.3, 0.4) is 0 Å². The van der Waals surface area contributed by atoms with Gasteiger partial charge < -0.3 is 15.3 Å². The van der Waals surface area contributed by atoms with E-state index in [9.17, 15) is 14.7 Å². The fourth-order valence-corrected chi connectivity index (χ4v) is 4.25. The Kier molecular flexibility index (Phi) is 5.57. The van der Waals surface area contributed by atoms with Crippen LogP contribution < -0.4 is 5.32 Å². The first-order valence-corrected chi connectivity index (χ1v) is 10.2. The highest BCUT2D eigenvalue weighted by molar-refractivity contribution is 5.80. The third kappa shape index (κ3) is 4.17. The quantitative estimate of drug-likeness (QED) is 0.772. The Labute approximate surface area is 164 Å². The molecule has 148 valence electrons. The lowest BCUT2D eigenvalue weighted by atomic mass is 9.75. The Morgan fingerprint density at radius 1 is 1.32 bits per heavy atom. The minimum absolute atomic E-state index is 0.00815. The fraction of sp³-hybridized carbons (Fsp3) is 0.500. The molecule has 4 rings (SSSR count). The SMILES string of the molecule is O=C(CCCN1CCCC1=O)N[C@H](c1cnc2ccccc2c1)C1CC(O)C1. The monoisotopic (exact) mass is 381 g/mol. The topological polar surface area (TPSA) is 82.5 Å². The number of hydrogen-bond donors (Lipinski definition) is 2. The van der Waals surface area contributed by atoms with Crippen molar-refractivity contribution in [3.05, 3.63) is 42.1 Å². The lowest BCUT2D eigenvalue weighted by Crippen LogP contribution is -2.41. The molecule has 6 nitrogen and oxygen atoms in total. The molecule has 6 heteroatoms. The van der Waals surface area contributed by atoms with E-state index in [0.717, 1.165) is 29.4 Å². The number of rotatable bonds is 7. The number of hydrogen-bond acceptors (Lipinski definition) is 4. The van der Waals surface area contributed by atoms with Crippen LogP contribution in [0.4, 0.5) is 0 Å². The number of carbonyl (C=O) groups excluding carboxylic acids is 2. The second-order valence-corrected chi connectivity index (χ2v) is 7.98. The Bertz CT molecular complexity index is 863. The zero-order chi connectivity index (χ0) is 19.5. The highest BCUT2D eigenvalue weighted by atomic mass is 16.3. The molecule has 2 amide bonds. The minimum atomic E-state index is -0.279. The van der Waals surface area contributed by atoms with E-state index in [4.69, 9.17) is 0 Å². The first-order valence-electron chi connectivity index (χ1n) is 10.2. The van der Waals surface area contributed by atoms with Crippen molar-refractivity contribution in [1.29, 1.82) is 0 Å². The van der Waals surface area contributed by atoms with Crippen LogP contribution in [0.1, 0.15) is 50.1 Å². The van der Waals surface area contributed by atoms with Crippen LogP contribution in [-0.2, 0) is 9.59 Å². The molecule has 28 heavy (non-hydrogen) atoms. The van der Waals surface area contributed by atoms with Crippen molar-refractivity contribution in [2.24, 2.45) is 5.92 Å². The second kappa shape index (κ2) is 8.27. The predicted molar refractivity (Wildman–Crippen MR) is 106 cm³/mol. The summed E-state index contributed by atoms with van der Waals surface area (Å²) in [6.07, 6.45) is 5.57. The van der Waals surface area contributed by atoms with Gasteiger partial charge in [0.2, 0.25) is 11.8 Å². The van der Waals surface area contributed by atoms with Gasteiger partial charge in [0.05, 0.1) is 17.7 Å². The summed E-state index contributed by atoms with van der Waals surface area (Å²) in [7, 11) is 0. The van der Waals surface area contributed by atoms with Gasteiger partial charge in [-0.1, -0.05) is 18.2 Å². The van der Waals surface area contributed by atoms with Gasteiger partial charge in [-0.3, -0.25) is 14.6 Å². The summed E-state index contributed by atoms with van der Waals surface area (Å²) < 4.78 is 0. The smallest absolute Gasteiger partial charge is 0.222 e. The van der Waals surface area contributed by atoms with Gasteiger partial charge in [-0.2, -0.15) is 0 Å². The van der Waals surface area contributed by atoms with Crippen LogP contribution in [0.2, 0.25) is 0 Å². The van der Waals surface area contributed by atoms with Crippen LogP contribution in [-0.4, -0.2) is 46.0 Å². The fourth-order valence-electron chi connectivity index (χ4n) is 4.25. The number of nitrogens with one attached hydrogen (secondary N) is 1. The zero-order valence-electron chi connectivity index (χ0n) is 16.0. The number of fused-ring (bicyclic) bond motifs is 1. The minimum Gasteiger partial charge on any atom is -0.393 e. The van der Waals surface area contributed by atoms with Gasteiger partial charge in [-0.05, 0) is 49.3 Å². The third-order valence-electron chi connectivity index (χ3n) is 5.91. The molecule has 2 fully saturated rings. The van der Waals surface area contributed by atoms with Crippen LogP contribution in [0, 0.1) is 5.92 Å². The molecule has 2 aromatic rings. The van der Waals surface area contributed by atoms with Crippen molar-refractivity contribution in [1.82, 2.24) is 15.2 Å². The molecule has 1 aromatic heterocycles. The Balaban J connectivity index is 1.40. The maximum absolute atomic E-state index is 12.6. The molecule has 1 saturated heterocycles. The predicted octanol–water partition coefficient (Wildman–Crippen LogP) is 2.57. The maximum Gasteiger partial charge on any atom is 0.222 e. The van der Waals surface area contributed by atoms with Gasteiger partial charge in [0.15, 0.2) is 0 Å². The number of likely N-dealkylation sites (tertiary alicyclic amines) is 1. The number of amides is 2. The molecular weight excluding hydrogens is 354 g/mol. The van der Waals surface area contributed by atoms with Crippen LogP contribution in [0.15, 0.2) is 36.5 Å². The van der Waals surface area contributed by atoms with Crippen molar-refractivity contribution in [3.63, 3.8) is 0 Å². The zero-order valence-corrected chi connectivity index (χ0v) is 16.0. The maximum atomic E-state index is 12.6. The van der Waals surface area contributed by atoms with E-state index < -0.39 is 0 Å². The largest absolute Gasteiger partial charge is 0.393 e. The van der Waals surface area contributed by atoms with Gasteiger partial charge in [-0.25, -0.2) is 0 Å². The highest BCUT2D eigenvalue weighted by Crippen LogP contribution is 2.38. The van der Waals surface area contributed by atoms with E-state index in [0.29, 0.717) is 38.6 Å². The Morgan fingerprint density at radius 3 is 2.89 bits per heavy atom. The third-order valence-corrected chi connectivity index (χ3v) is 5.91. The summed E-state index contributed by atoms with van der Waals surface area (Å²) in [5.41, 5.74) is 1.92. The molecule has 0 radical (unpaired) electrons. The molecule has 1 saturated carbocycles. The summed E-state index contributed by atoms with van der Waals surface area (Å²) in [6.45, 7) is 1.46. The van der Waals surface area contributed by atoms with Crippen molar-refractivity contribution in [2.75, 3.05) is 13.1 Å². The highest BCUT2D eigenvalue weighted by Gasteiger charge is 2.35. The number of aromatic nitrogens is 1. The molecule has 0 spiro atoms. The number of pyridine rings is 1. The Morgan fingerprint density at radius 2 is 2.14 bits per heavy atom. The lowest BCUT2D eigenvalue weighted by Gasteiger charge is -2.38. The van der Waals surface area contributed by atoms with E-state index >= 15 is 0 Å². The van der Waals surface area contributed by atoms with Crippen molar-refractivity contribution in [3.8, 4) is 0 Å². The van der Waals surface area contributed by atoms with Crippen LogP contribution in [0.5, 0.6) is 0 Å². The summed E-state index contributed by atoms with van der Waals surface area (Å²) >= 11 is 0. The second-order valence-electron chi connectivity index (χ2n) is 7.98. The Hall–Kier alpha value is -2.47. The molecule has 2 heterocycles. The number of nitrogens with zero attached hydrogens (tertiary/aromatic N) is 2. The van der Waals surface area contributed by atoms with E-state index in [2.05, 4.69) is 16.4 Å². The van der Waals surface area contributed by atoms with Gasteiger partial charge in [0, 0.05) is 37.5 Å². The van der Waals surface area contributed by atoms with Crippen molar-refractivity contribution in [2.45, 2.75) is 50.7 Å². The van der Waals surface area contributed by atoms with Gasteiger partial charge in [-0.15, -0.1) is 0 Å². The standard InChI is InChI=1S/C22H27N3O3/c26-18-12-16(13-18)22(17-11-15-5-1-2-6-19(15)23-14-17)24-20(27)7-3-9-25-10-4-8-21(25)28/h1-2,5-6,11,14,16,18,22,26H,3-4,7-10,12-13H2,(H,24,27)/t16?,18?,22-/m0/s1. The number of aliphatic hydroxyl groups excluding tert-OH is 1. The normalized spacial score (nSPS) is 22.9. The van der Waals surface area contributed by atoms with E-state index in [1.54, 1.807) is 0 Å². The van der Waals surface area contributed by atoms with Gasteiger partial charge in [0.1, 0.15) is 0 Å². The average Bonchev–Trinajstić information content (AvgIpc) is 3.08. The molecule has 0 unspecified atom stereocenters. The molecule has 2 N–H and O–H groups in total. The summed E-state index contributed by atoms with van der Waals surface area (Å²) in [5.74, 6) is 0.414. The molecule has 1 aromatic carbocycles. The number of carbonyl (C=O) groups is 2. The van der Waals surface area contributed by atoms with E-state index in [-0.39, 0.29) is 29.9 Å². The first-order chi connectivity index (χ1) is 13.6. The number of benzene rings is 1. The van der Waals surface area contributed by atoms with E-state index in [1.165, 1.54) is 0 Å². The molecule has 1 aliphatic carbocycles. The molecular formula is C22H27N3O3. The lowest BCUT2D eigenvalue weighted by molar-refractivity contribution is -0.128. The first kappa shape index (κ1) is 18.9. The van der Waals surface area contributed by atoms with Gasteiger partial charge >= 0.3 is 0 Å². The molecule has 0 bridgehead atoms. The number of aliphatic hydroxyl groups is 1. The molecule has 2 aliphatic rings. The van der Waals surface area contributed by atoms with Crippen molar-refractivity contribution >= 4 is 22.7 Å². The average molecular weight is 381 g/mol. The summed E-state index contributed by atoms with van der Waals surface area (Å²) in [4.78, 5) is 30.6. The van der Waals surface area contributed by atoms with Crippen LogP contribution in [0.25, 0.3) is 10.9 Å². The summed E-state index contributed by atoms with van der Waals surface area (Å²) in [5, 5.41) is 14.0. The van der Waals surface area contributed by atoms with Crippen LogP contribution >= 0.6 is 0 Å². The van der Waals surface area contributed by atoms with Gasteiger partial charge in [0.25, 0.3) is 0 Å². The van der Waals surface area contributed by atoms with Crippen molar-refractivity contribution < 1.29 is 14.7 Å². The number of para-hydroxylation sites is 1.